The van der Waals surface area contributed by atoms with Crippen molar-refractivity contribution in [2.24, 2.45) is 0 Å². The van der Waals surface area contributed by atoms with Crippen molar-refractivity contribution < 1.29 is 31.5 Å². The summed E-state index contributed by atoms with van der Waals surface area (Å²) in [4.78, 5) is 12.3. The minimum absolute atomic E-state index is 0.0186. The zero-order valence-corrected chi connectivity index (χ0v) is 18.1. The monoisotopic (exact) mass is 455 g/mol. The van der Waals surface area contributed by atoms with E-state index in [1.807, 2.05) is 6.92 Å². The molecule has 0 bridgehead atoms. The van der Waals surface area contributed by atoms with Gasteiger partial charge in [-0.2, -0.15) is 12.8 Å². The predicted molar refractivity (Wildman–Crippen MR) is 116 cm³/mol. The largest absolute Gasteiger partial charge is 0.454 e. The molecular weight excluding hydrogens is 435 g/mol. The van der Waals surface area contributed by atoms with Gasteiger partial charge in [-0.25, -0.2) is 9.71 Å². The molecule has 1 aliphatic rings. The Kier molecular flexibility index (Phi) is 5.67. The van der Waals surface area contributed by atoms with E-state index in [4.69, 9.17) is 9.47 Å². The number of amidine groups is 1. The predicted octanol–water partition coefficient (Wildman–Crippen LogP) is 2.39. The number of ketones is 1. The molecule has 0 unspecified atom stereocenters. The number of carbonyl (C=O) groups excluding carboxylic acids is 1. The van der Waals surface area contributed by atoms with E-state index in [0.29, 0.717) is 22.7 Å². The van der Waals surface area contributed by atoms with Crippen LogP contribution in [0.4, 0.5) is 10.1 Å². The molecule has 1 aliphatic heterocycles. The topological polar surface area (TPSA) is 95.7 Å². The van der Waals surface area contributed by atoms with Gasteiger partial charge in [0.15, 0.2) is 17.3 Å². The van der Waals surface area contributed by atoms with Gasteiger partial charge in [0, 0.05) is 6.07 Å². The number of anilines is 1. The zero-order valence-electron chi connectivity index (χ0n) is 17.3. The van der Waals surface area contributed by atoms with Gasteiger partial charge in [0.25, 0.3) is 5.84 Å². The molecule has 0 aromatic heterocycles. The summed E-state index contributed by atoms with van der Waals surface area (Å²) in [7, 11) is -3.98. The van der Waals surface area contributed by atoms with Gasteiger partial charge in [-0.05, 0) is 56.3 Å². The molecular formula is C23H20FN2O5S+. The molecule has 7 nitrogen and oxygen atoms in total. The number of rotatable bonds is 5. The number of Topliss-reactive ketones (excluding diaryl/α,β-unsaturated/α-hetero) is 1. The molecule has 3 aromatic rings. The first kappa shape index (κ1) is 21.5. The number of ether oxygens (including phenoxy) is 2. The molecule has 0 saturated heterocycles. The highest BCUT2D eigenvalue weighted by molar-refractivity contribution is 7.84. The third kappa shape index (κ3) is 4.47. The second-order valence-corrected chi connectivity index (χ2v) is 8.92. The molecule has 3 aromatic carbocycles. The molecule has 0 fully saturated rings. The number of hydrogen-bond donors (Lipinski definition) is 2. The quantitative estimate of drug-likeness (QED) is 0.349. The van der Waals surface area contributed by atoms with Gasteiger partial charge < -0.3 is 9.47 Å². The van der Waals surface area contributed by atoms with Crippen molar-refractivity contribution in [2.75, 3.05) is 12.1 Å². The molecule has 0 atom stereocenters. The van der Waals surface area contributed by atoms with E-state index >= 15 is 0 Å². The summed E-state index contributed by atoms with van der Waals surface area (Å²) in [6.07, 6.45) is 0. The summed E-state index contributed by atoms with van der Waals surface area (Å²) in [6.45, 7) is 3.26. The fourth-order valence-corrected chi connectivity index (χ4v) is 4.21. The average Bonchev–Trinajstić information content (AvgIpc) is 3.21. The van der Waals surface area contributed by atoms with Crippen LogP contribution in [0.15, 0.2) is 65.6 Å². The Bertz CT molecular complexity index is 1320. The number of nitrogens with one attached hydrogen (secondary N) is 2. The van der Waals surface area contributed by atoms with Crippen molar-refractivity contribution in [3.8, 4) is 11.5 Å². The lowest BCUT2D eigenvalue weighted by atomic mass is 10.1. The number of carbonyl (C=O) groups is 1. The molecule has 2 N–H and O–H groups in total. The van der Waals surface area contributed by atoms with E-state index < -0.39 is 15.8 Å². The fourth-order valence-electron chi connectivity index (χ4n) is 3.16. The Morgan fingerprint density at radius 2 is 1.62 bits per heavy atom. The van der Waals surface area contributed by atoms with Crippen molar-refractivity contribution >= 4 is 27.3 Å². The highest BCUT2D eigenvalue weighted by atomic mass is 32.2. The summed E-state index contributed by atoms with van der Waals surface area (Å²) in [6, 6.07) is 14.7. The van der Waals surface area contributed by atoms with Crippen molar-refractivity contribution in [1.82, 2.24) is 0 Å². The molecule has 1 heterocycles. The van der Waals surface area contributed by atoms with Crippen LogP contribution in [0.2, 0.25) is 0 Å². The Hall–Kier alpha value is -3.72. The Morgan fingerprint density at radius 1 is 1.00 bits per heavy atom. The number of benzene rings is 3. The van der Waals surface area contributed by atoms with E-state index in [1.165, 1.54) is 49.4 Å². The van der Waals surface area contributed by atoms with Crippen LogP contribution in [-0.2, 0) is 10.0 Å². The number of halogens is 1. The van der Waals surface area contributed by atoms with E-state index in [9.17, 15) is 17.6 Å². The molecule has 0 aliphatic carbocycles. The third-order valence-electron chi connectivity index (χ3n) is 4.85. The first-order valence-electron chi connectivity index (χ1n) is 9.67. The molecule has 0 saturated carbocycles. The second-order valence-electron chi connectivity index (χ2n) is 7.23. The third-order valence-corrected chi connectivity index (χ3v) is 6.22. The standard InChI is InChI=1S/C23H19FN2O5S/c1-14-3-9-18(10-4-14)32(28,29)26-23(16-5-7-17(24)8-6-16)25-20-12-22-21(30-13-31-22)11-19(20)15(2)27/h3-12H,13H2,1-2H3,(H,25,26)/p+1. The lowest BCUT2D eigenvalue weighted by molar-refractivity contribution is -0.266. The van der Waals surface area contributed by atoms with Gasteiger partial charge >= 0.3 is 10.0 Å². The fraction of sp³-hybridized carbons (Fsp3) is 0.130. The van der Waals surface area contributed by atoms with Gasteiger partial charge in [-0.15, -0.1) is 0 Å². The first-order valence-corrected chi connectivity index (χ1v) is 11.2. The van der Waals surface area contributed by atoms with Crippen molar-refractivity contribution in [3.63, 3.8) is 0 Å². The van der Waals surface area contributed by atoms with Gasteiger partial charge in [-0.1, -0.05) is 17.7 Å². The van der Waals surface area contributed by atoms with Crippen LogP contribution >= 0.6 is 0 Å². The smallest absolute Gasteiger partial charge is 0.328 e. The number of aryl methyl sites for hydroxylation is 1. The van der Waals surface area contributed by atoms with Crippen LogP contribution in [-0.4, -0.2) is 26.8 Å². The Morgan fingerprint density at radius 3 is 2.25 bits per heavy atom. The van der Waals surface area contributed by atoms with Gasteiger partial charge in [0.05, 0.1) is 11.1 Å². The first-order chi connectivity index (χ1) is 15.2. The van der Waals surface area contributed by atoms with Crippen LogP contribution in [0, 0.1) is 12.7 Å². The minimum Gasteiger partial charge on any atom is -0.454 e. The molecule has 0 amide bonds. The zero-order chi connectivity index (χ0) is 22.9. The molecule has 0 radical (unpaired) electrons. The lowest BCUT2D eigenvalue weighted by Crippen LogP contribution is -2.78. The summed E-state index contributed by atoms with van der Waals surface area (Å²) >= 11 is 0. The van der Waals surface area contributed by atoms with Crippen molar-refractivity contribution in [2.45, 2.75) is 18.7 Å². The SMILES string of the molecule is CC(=O)c1cc2c(cc1NC(=[NH+]S(=O)(=O)c1ccc(C)cc1)c1ccc(F)cc1)OCO2. The number of sulfonamides is 1. The maximum absolute atomic E-state index is 13.5. The van der Waals surface area contributed by atoms with E-state index in [2.05, 4.69) is 9.71 Å². The lowest BCUT2D eigenvalue weighted by Gasteiger charge is -2.09. The molecule has 9 heteroatoms. The van der Waals surface area contributed by atoms with Crippen LogP contribution in [0.3, 0.4) is 0 Å². The van der Waals surface area contributed by atoms with Crippen LogP contribution in [0.1, 0.15) is 28.4 Å². The van der Waals surface area contributed by atoms with Crippen LogP contribution in [0.25, 0.3) is 0 Å². The molecule has 4 rings (SSSR count). The van der Waals surface area contributed by atoms with Crippen molar-refractivity contribution in [1.29, 1.82) is 0 Å². The normalized spacial score (nSPS) is 13.2. The average molecular weight is 455 g/mol. The van der Waals surface area contributed by atoms with Gasteiger partial charge in [0.1, 0.15) is 16.4 Å². The Labute approximate surface area is 184 Å². The highest BCUT2D eigenvalue weighted by Gasteiger charge is 2.26. The summed E-state index contributed by atoms with van der Waals surface area (Å²) in [5, 5.41) is 2.98. The molecule has 32 heavy (non-hydrogen) atoms. The van der Waals surface area contributed by atoms with E-state index in [-0.39, 0.29) is 28.9 Å². The van der Waals surface area contributed by atoms with E-state index in [0.717, 1.165) is 5.56 Å². The Balaban J connectivity index is 1.83. The summed E-state index contributed by atoms with van der Waals surface area (Å²) in [5.74, 6) is 0.154. The maximum Gasteiger partial charge on any atom is 0.328 e. The highest BCUT2D eigenvalue weighted by Crippen LogP contribution is 2.37. The van der Waals surface area contributed by atoms with Gasteiger partial charge in [0.2, 0.25) is 6.79 Å². The molecule has 0 spiro atoms. The summed E-state index contributed by atoms with van der Waals surface area (Å²) in [5.41, 5.74) is 1.88. The van der Waals surface area contributed by atoms with Gasteiger partial charge in [-0.3, -0.25) is 4.79 Å². The summed E-state index contributed by atoms with van der Waals surface area (Å²) < 4.78 is 52.8. The second kappa shape index (κ2) is 8.43. The van der Waals surface area contributed by atoms with Crippen LogP contribution in [0.5, 0.6) is 11.5 Å². The van der Waals surface area contributed by atoms with Crippen LogP contribution < -0.4 is 19.2 Å². The maximum atomic E-state index is 13.5. The minimum atomic E-state index is -3.98. The number of fused-ring (bicyclic) bond motifs is 1. The molecule has 164 valence electrons. The number of hydrogen-bond acceptors (Lipinski definition) is 5. The van der Waals surface area contributed by atoms with E-state index in [1.54, 1.807) is 18.2 Å². The van der Waals surface area contributed by atoms with Crippen molar-refractivity contribution in [3.05, 3.63) is 83.2 Å².